The lowest BCUT2D eigenvalue weighted by Gasteiger charge is -2.13. The number of rotatable bonds is 4. The quantitative estimate of drug-likeness (QED) is 0.786. The molecule has 1 atom stereocenters. The van der Waals surface area contributed by atoms with Crippen LogP contribution in [0.5, 0.6) is 11.5 Å². The van der Waals surface area contributed by atoms with Crippen LogP contribution in [-0.2, 0) is 0 Å². The van der Waals surface area contributed by atoms with Crippen LogP contribution in [0.2, 0.25) is 0 Å². The Morgan fingerprint density at radius 2 is 1.47 bits per heavy atom. The van der Waals surface area contributed by atoms with Gasteiger partial charge in [0.25, 0.3) is 0 Å². The molecule has 0 saturated carbocycles. The smallest absolute Gasteiger partial charge is 0.127 e. The maximum Gasteiger partial charge on any atom is 0.127 e. The van der Waals surface area contributed by atoms with Crippen molar-refractivity contribution in [3.05, 3.63) is 60.2 Å². The third-order valence-corrected chi connectivity index (χ3v) is 3.02. The maximum atomic E-state index is 9.17. The van der Waals surface area contributed by atoms with E-state index in [9.17, 15) is 5.26 Å². The molecule has 0 aliphatic rings. The highest BCUT2D eigenvalue weighted by molar-refractivity contribution is 5.35. The third-order valence-electron chi connectivity index (χ3n) is 3.02. The van der Waals surface area contributed by atoms with Crippen LogP contribution in [0.4, 0.5) is 0 Å². The molecule has 96 valence electrons. The molecule has 2 aromatic rings. The highest BCUT2D eigenvalue weighted by Gasteiger charge is 2.14. The molecule has 0 aliphatic carbocycles. The van der Waals surface area contributed by atoms with Crippen molar-refractivity contribution in [2.45, 2.75) is 19.8 Å². The van der Waals surface area contributed by atoms with E-state index in [1.165, 1.54) is 0 Å². The van der Waals surface area contributed by atoms with Gasteiger partial charge in [0.2, 0.25) is 0 Å². The lowest BCUT2D eigenvalue weighted by atomic mass is 9.90. The van der Waals surface area contributed by atoms with Gasteiger partial charge in [-0.05, 0) is 35.7 Å². The first kappa shape index (κ1) is 13.2. The summed E-state index contributed by atoms with van der Waals surface area (Å²) >= 11 is 0. The first-order valence-electron chi connectivity index (χ1n) is 6.43. The van der Waals surface area contributed by atoms with Gasteiger partial charge in [-0.15, -0.1) is 0 Å². The molecule has 1 unspecified atom stereocenters. The van der Waals surface area contributed by atoms with Gasteiger partial charge in [-0.3, -0.25) is 0 Å². The lowest BCUT2D eigenvalue weighted by Crippen LogP contribution is -2.03. The van der Waals surface area contributed by atoms with Gasteiger partial charge in [0.15, 0.2) is 0 Å². The van der Waals surface area contributed by atoms with Crippen molar-refractivity contribution in [1.82, 2.24) is 0 Å². The minimum absolute atomic E-state index is 0.0641. The van der Waals surface area contributed by atoms with Gasteiger partial charge >= 0.3 is 0 Å². The molecule has 0 saturated heterocycles. The number of nitrogens with zero attached hydrogens (tertiary/aromatic N) is 1. The molecule has 0 fully saturated rings. The zero-order valence-electron chi connectivity index (χ0n) is 11.2. The topological polar surface area (TPSA) is 33.0 Å². The summed E-state index contributed by atoms with van der Waals surface area (Å²) in [4.78, 5) is 0. The van der Waals surface area contributed by atoms with Crippen LogP contribution in [0, 0.1) is 17.2 Å². The molecule has 0 N–H and O–H groups in total. The van der Waals surface area contributed by atoms with Crippen molar-refractivity contribution in [2.24, 2.45) is 5.92 Å². The van der Waals surface area contributed by atoms with E-state index in [1.807, 2.05) is 54.6 Å². The second-order valence-electron chi connectivity index (χ2n) is 4.83. The first-order valence-corrected chi connectivity index (χ1v) is 6.43. The van der Waals surface area contributed by atoms with Gasteiger partial charge in [-0.2, -0.15) is 5.26 Å². The molecule has 2 nitrogen and oxygen atoms in total. The average molecular weight is 251 g/mol. The summed E-state index contributed by atoms with van der Waals surface area (Å²) < 4.78 is 5.72. The Morgan fingerprint density at radius 3 is 2.00 bits per heavy atom. The van der Waals surface area contributed by atoms with E-state index in [0.717, 1.165) is 17.1 Å². The standard InChI is InChI=1S/C17H17NO/c1-13(2)17(12-18)14-8-10-16(11-9-14)19-15-6-4-3-5-7-15/h3-11,13,17H,1-2H3. The molecule has 0 spiro atoms. The molecule has 2 aromatic carbocycles. The van der Waals surface area contributed by atoms with Crippen molar-refractivity contribution in [2.75, 3.05) is 0 Å². The number of benzene rings is 2. The highest BCUT2D eigenvalue weighted by atomic mass is 16.5. The highest BCUT2D eigenvalue weighted by Crippen LogP contribution is 2.27. The Hall–Kier alpha value is -2.27. The van der Waals surface area contributed by atoms with E-state index in [1.54, 1.807) is 0 Å². The van der Waals surface area contributed by atoms with E-state index >= 15 is 0 Å². The van der Waals surface area contributed by atoms with Crippen LogP contribution in [0.1, 0.15) is 25.3 Å². The second-order valence-corrected chi connectivity index (χ2v) is 4.83. The molecular weight excluding hydrogens is 234 g/mol. The molecule has 2 heteroatoms. The van der Waals surface area contributed by atoms with Crippen LogP contribution in [0.15, 0.2) is 54.6 Å². The van der Waals surface area contributed by atoms with E-state index in [2.05, 4.69) is 19.9 Å². The summed E-state index contributed by atoms with van der Waals surface area (Å²) in [6, 6.07) is 19.8. The summed E-state index contributed by atoms with van der Waals surface area (Å²) in [6.07, 6.45) is 0. The second kappa shape index (κ2) is 6.06. The Morgan fingerprint density at radius 1 is 0.895 bits per heavy atom. The van der Waals surface area contributed by atoms with E-state index < -0.39 is 0 Å². The maximum absolute atomic E-state index is 9.17. The fourth-order valence-electron chi connectivity index (χ4n) is 1.98. The van der Waals surface area contributed by atoms with Gasteiger partial charge in [0.05, 0.1) is 12.0 Å². The normalized spacial score (nSPS) is 11.9. The predicted octanol–water partition coefficient (Wildman–Crippen LogP) is 4.74. The van der Waals surface area contributed by atoms with Crippen LogP contribution in [0.3, 0.4) is 0 Å². The monoisotopic (exact) mass is 251 g/mol. The van der Waals surface area contributed by atoms with Crippen LogP contribution >= 0.6 is 0 Å². The van der Waals surface area contributed by atoms with Crippen molar-refractivity contribution >= 4 is 0 Å². The van der Waals surface area contributed by atoms with Crippen molar-refractivity contribution in [3.8, 4) is 17.6 Å². The first-order chi connectivity index (χ1) is 9.20. The Labute approximate surface area is 114 Å². The molecular formula is C17H17NO. The van der Waals surface area contributed by atoms with Crippen molar-refractivity contribution in [3.63, 3.8) is 0 Å². The predicted molar refractivity (Wildman–Crippen MR) is 76.2 cm³/mol. The van der Waals surface area contributed by atoms with Crippen LogP contribution in [-0.4, -0.2) is 0 Å². The van der Waals surface area contributed by atoms with Crippen molar-refractivity contribution in [1.29, 1.82) is 5.26 Å². The summed E-state index contributed by atoms with van der Waals surface area (Å²) in [7, 11) is 0. The molecule has 2 rings (SSSR count). The van der Waals surface area contributed by atoms with E-state index in [0.29, 0.717) is 5.92 Å². The molecule has 0 aliphatic heterocycles. The Balaban J connectivity index is 2.13. The fourth-order valence-corrected chi connectivity index (χ4v) is 1.98. The largest absolute Gasteiger partial charge is 0.457 e. The number of hydrogen-bond acceptors (Lipinski definition) is 2. The fraction of sp³-hybridized carbons (Fsp3) is 0.235. The summed E-state index contributed by atoms with van der Waals surface area (Å²) in [5, 5.41) is 9.17. The van der Waals surface area contributed by atoms with Crippen LogP contribution < -0.4 is 4.74 Å². The SMILES string of the molecule is CC(C)C(C#N)c1ccc(Oc2ccccc2)cc1. The number of para-hydroxylation sites is 1. The minimum atomic E-state index is -0.0641. The number of nitriles is 1. The summed E-state index contributed by atoms with van der Waals surface area (Å²) in [6.45, 7) is 4.12. The van der Waals surface area contributed by atoms with E-state index in [-0.39, 0.29) is 5.92 Å². The Kier molecular flexibility index (Phi) is 4.20. The van der Waals surface area contributed by atoms with Gasteiger partial charge < -0.3 is 4.74 Å². The summed E-state index contributed by atoms with van der Waals surface area (Å²) in [5.41, 5.74) is 1.04. The number of hydrogen-bond donors (Lipinski definition) is 0. The molecule has 0 radical (unpaired) electrons. The van der Waals surface area contributed by atoms with Crippen molar-refractivity contribution < 1.29 is 4.74 Å². The molecule has 0 amide bonds. The molecule has 0 aromatic heterocycles. The zero-order chi connectivity index (χ0) is 13.7. The average Bonchev–Trinajstić information content (AvgIpc) is 2.42. The number of ether oxygens (including phenoxy) is 1. The van der Waals surface area contributed by atoms with Gasteiger partial charge in [-0.25, -0.2) is 0 Å². The zero-order valence-corrected chi connectivity index (χ0v) is 11.2. The molecule has 19 heavy (non-hydrogen) atoms. The molecule has 0 heterocycles. The minimum Gasteiger partial charge on any atom is -0.457 e. The van der Waals surface area contributed by atoms with Gasteiger partial charge in [-0.1, -0.05) is 44.2 Å². The molecule has 0 bridgehead atoms. The summed E-state index contributed by atoms with van der Waals surface area (Å²) in [5.74, 6) is 1.85. The Bertz CT molecular complexity index is 552. The van der Waals surface area contributed by atoms with Crippen LogP contribution in [0.25, 0.3) is 0 Å². The lowest BCUT2D eigenvalue weighted by molar-refractivity contribution is 0.482. The van der Waals surface area contributed by atoms with Gasteiger partial charge in [0.1, 0.15) is 11.5 Å². The van der Waals surface area contributed by atoms with Gasteiger partial charge in [0, 0.05) is 0 Å². The van der Waals surface area contributed by atoms with E-state index in [4.69, 9.17) is 4.74 Å². The third kappa shape index (κ3) is 3.35.